The van der Waals surface area contributed by atoms with Gasteiger partial charge < -0.3 is 29.1 Å². The minimum Gasteiger partial charge on any atom is -0.491 e. The number of anilines is 1. The number of carbonyl (C=O) groups excluding carboxylic acids is 1. The summed E-state index contributed by atoms with van der Waals surface area (Å²) < 4.78 is 33.2. The zero-order chi connectivity index (χ0) is 32.2. The van der Waals surface area contributed by atoms with Crippen molar-refractivity contribution < 1.29 is 33.3 Å². The molecule has 2 aliphatic rings. The highest BCUT2D eigenvalue weighted by molar-refractivity contribution is 8.93. The number of hydrogen-bond acceptors (Lipinski definition) is 7. The second kappa shape index (κ2) is 15.3. The average molecular weight is 693 g/mol. The maximum absolute atomic E-state index is 15.6. The van der Waals surface area contributed by atoms with Crippen LogP contribution in [0.1, 0.15) is 101 Å². The number of ether oxygens (including phenoxy) is 3. The molecule has 0 aliphatic carbocycles. The van der Waals surface area contributed by atoms with E-state index in [4.69, 9.17) is 24.7 Å². The minimum atomic E-state index is -0.823. The highest BCUT2D eigenvalue weighted by atomic mass is 79.9. The average Bonchev–Trinajstić information content (AvgIpc) is 3.52. The molecule has 2 N–H and O–H groups in total. The molecule has 11 heteroatoms. The van der Waals surface area contributed by atoms with E-state index < -0.39 is 11.8 Å². The molecule has 9 nitrogen and oxygen atoms in total. The van der Waals surface area contributed by atoms with E-state index in [1.165, 1.54) is 0 Å². The largest absolute Gasteiger partial charge is 0.491 e. The summed E-state index contributed by atoms with van der Waals surface area (Å²) in [4.78, 5) is 28.8. The van der Waals surface area contributed by atoms with Crippen LogP contribution in [-0.4, -0.2) is 66.5 Å². The van der Waals surface area contributed by atoms with E-state index in [0.29, 0.717) is 42.9 Å². The molecule has 2 aromatic carbocycles. The number of Topliss-reactive ketones (excluding diaryl/α,β-unsaturated/α-hetero) is 1. The molecule has 0 spiro atoms. The molecule has 1 unspecified atom stereocenters. The Balaban J connectivity index is 0.00000552. The SMILES string of the molecule is Br.CCOc1cc2c(c(F)c1OCC)C(=N)N(CC(=O)c1cc(N3CCCC3C)c(OCCCCC(=O)O)c(C(C)(C)C)c1)C2. The van der Waals surface area contributed by atoms with Crippen LogP contribution in [-0.2, 0) is 16.8 Å². The lowest BCUT2D eigenvalue weighted by Gasteiger charge is -2.32. The molecule has 0 radical (unpaired) electrons. The summed E-state index contributed by atoms with van der Waals surface area (Å²) in [6.07, 6.45) is 3.29. The zero-order valence-corrected chi connectivity index (χ0v) is 29.0. The molecular formula is C34H47BrFN3O6. The Morgan fingerprint density at radius 3 is 2.38 bits per heavy atom. The Bertz CT molecular complexity index is 1410. The van der Waals surface area contributed by atoms with E-state index in [-0.39, 0.29) is 77.5 Å². The lowest BCUT2D eigenvalue weighted by Crippen LogP contribution is -2.32. The standard InChI is InChI=1S/C34H46FN3O6.BrH/c1-7-42-27-18-23-19-37(33(36)29(23)30(35)32(27)43-8-2)20-26(39)22-16-24(34(4,5)6)31(44-15-10-9-13-28(40)41)25(17-22)38-14-11-12-21(38)3;/h16-18,21,36H,7-15,19-20H2,1-6H3,(H,40,41);1H. The third-order valence-electron chi connectivity index (χ3n) is 8.20. The molecule has 45 heavy (non-hydrogen) atoms. The Hall–Kier alpha value is -3.34. The Morgan fingerprint density at radius 1 is 1.07 bits per heavy atom. The maximum Gasteiger partial charge on any atom is 0.303 e. The predicted octanol–water partition coefficient (Wildman–Crippen LogP) is 7.14. The van der Waals surface area contributed by atoms with Crippen molar-refractivity contribution in [1.29, 1.82) is 5.41 Å². The Kier molecular flexibility index (Phi) is 12.3. The van der Waals surface area contributed by atoms with Crippen molar-refractivity contribution in [3.05, 3.63) is 46.3 Å². The summed E-state index contributed by atoms with van der Waals surface area (Å²) in [5.41, 5.74) is 2.63. The number of halogens is 2. The smallest absolute Gasteiger partial charge is 0.303 e. The van der Waals surface area contributed by atoms with Crippen molar-refractivity contribution in [1.82, 2.24) is 4.90 Å². The van der Waals surface area contributed by atoms with Crippen LogP contribution in [0.5, 0.6) is 17.2 Å². The molecule has 1 fully saturated rings. The second-order valence-electron chi connectivity index (χ2n) is 12.6. The van der Waals surface area contributed by atoms with Crippen molar-refractivity contribution in [2.45, 2.75) is 91.6 Å². The third-order valence-corrected chi connectivity index (χ3v) is 8.20. The summed E-state index contributed by atoms with van der Waals surface area (Å²) >= 11 is 0. The molecule has 0 aromatic heterocycles. The van der Waals surface area contributed by atoms with Crippen molar-refractivity contribution in [2.75, 3.05) is 37.8 Å². The molecule has 1 saturated heterocycles. The molecule has 2 aliphatic heterocycles. The van der Waals surface area contributed by atoms with Gasteiger partial charge in [-0.25, -0.2) is 4.39 Å². The van der Waals surface area contributed by atoms with Crippen molar-refractivity contribution in [2.24, 2.45) is 0 Å². The number of amidine groups is 1. The van der Waals surface area contributed by atoms with Crippen molar-refractivity contribution in [3.63, 3.8) is 0 Å². The number of ketones is 1. The number of carboxylic acid groups (broad SMARTS) is 1. The number of benzene rings is 2. The molecule has 2 aromatic rings. The molecule has 0 saturated carbocycles. The number of carbonyl (C=O) groups is 2. The summed E-state index contributed by atoms with van der Waals surface area (Å²) in [5, 5.41) is 17.8. The highest BCUT2D eigenvalue weighted by Crippen LogP contribution is 2.43. The van der Waals surface area contributed by atoms with Gasteiger partial charge >= 0.3 is 5.97 Å². The summed E-state index contributed by atoms with van der Waals surface area (Å²) in [6.45, 7) is 13.9. The van der Waals surface area contributed by atoms with Gasteiger partial charge in [0.1, 0.15) is 11.6 Å². The maximum atomic E-state index is 15.6. The Morgan fingerprint density at radius 2 is 1.78 bits per heavy atom. The van der Waals surface area contributed by atoms with E-state index in [1.807, 2.05) is 19.1 Å². The van der Waals surface area contributed by atoms with Gasteiger partial charge in [0.25, 0.3) is 0 Å². The first-order valence-electron chi connectivity index (χ1n) is 15.6. The molecule has 0 amide bonds. The van der Waals surface area contributed by atoms with E-state index in [9.17, 15) is 9.59 Å². The summed E-state index contributed by atoms with van der Waals surface area (Å²) in [6, 6.07) is 5.75. The molecular weight excluding hydrogens is 645 g/mol. The molecule has 4 rings (SSSR count). The van der Waals surface area contributed by atoms with Crippen LogP contribution in [0.3, 0.4) is 0 Å². The van der Waals surface area contributed by atoms with Crippen LogP contribution < -0.4 is 19.1 Å². The summed E-state index contributed by atoms with van der Waals surface area (Å²) in [7, 11) is 0. The van der Waals surface area contributed by atoms with E-state index >= 15 is 4.39 Å². The van der Waals surface area contributed by atoms with Gasteiger partial charge in [-0.3, -0.25) is 15.0 Å². The topological polar surface area (TPSA) is 112 Å². The van der Waals surface area contributed by atoms with Crippen molar-refractivity contribution in [3.8, 4) is 17.2 Å². The fourth-order valence-corrected chi connectivity index (χ4v) is 5.96. The minimum absolute atomic E-state index is 0. The van der Waals surface area contributed by atoms with Gasteiger partial charge in [-0.1, -0.05) is 20.8 Å². The van der Waals surface area contributed by atoms with Gasteiger partial charge in [0.05, 0.1) is 37.6 Å². The van der Waals surface area contributed by atoms with Gasteiger partial charge in [0.15, 0.2) is 23.1 Å². The fraction of sp³-hybridized carbons (Fsp3) is 0.559. The fourth-order valence-electron chi connectivity index (χ4n) is 5.96. The number of hydrogen-bond donors (Lipinski definition) is 2. The number of nitrogens with zero attached hydrogens (tertiary/aromatic N) is 2. The zero-order valence-electron chi connectivity index (χ0n) is 27.3. The third kappa shape index (κ3) is 8.09. The quantitative estimate of drug-likeness (QED) is 0.159. The number of unbranched alkanes of at least 4 members (excludes halogenated alkanes) is 1. The van der Waals surface area contributed by atoms with E-state index in [0.717, 1.165) is 36.4 Å². The van der Waals surface area contributed by atoms with Gasteiger partial charge in [-0.05, 0) is 75.6 Å². The van der Waals surface area contributed by atoms with Gasteiger partial charge in [-0.2, -0.15) is 0 Å². The predicted molar refractivity (Wildman–Crippen MR) is 179 cm³/mol. The molecule has 0 bridgehead atoms. The normalized spacial score (nSPS) is 16.0. The van der Waals surface area contributed by atoms with Crippen LogP contribution >= 0.6 is 17.0 Å². The van der Waals surface area contributed by atoms with Crippen LogP contribution in [0.2, 0.25) is 0 Å². The van der Waals surface area contributed by atoms with E-state index in [2.05, 4.69) is 32.6 Å². The number of carboxylic acids is 1. The molecule has 248 valence electrons. The van der Waals surface area contributed by atoms with Gasteiger partial charge in [0, 0.05) is 36.7 Å². The van der Waals surface area contributed by atoms with Crippen LogP contribution in [0.4, 0.5) is 10.1 Å². The highest BCUT2D eigenvalue weighted by Gasteiger charge is 2.34. The lowest BCUT2D eigenvalue weighted by atomic mass is 9.84. The first-order chi connectivity index (χ1) is 20.9. The van der Waals surface area contributed by atoms with Gasteiger partial charge in [-0.15, -0.1) is 17.0 Å². The van der Waals surface area contributed by atoms with Crippen LogP contribution in [0.15, 0.2) is 18.2 Å². The Labute approximate surface area is 276 Å². The number of fused-ring (bicyclic) bond motifs is 1. The number of aliphatic carboxylic acids is 1. The monoisotopic (exact) mass is 691 g/mol. The lowest BCUT2D eigenvalue weighted by molar-refractivity contribution is -0.137. The molecule has 2 heterocycles. The van der Waals surface area contributed by atoms with Crippen molar-refractivity contribution >= 4 is 40.3 Å². The van der Waals surface area contributed by atoms with Gasteiger partial charge in [0.2, 0.25) is 0 Å². The second-order valence-corrected chi connectivity index (χ2v) is 12.6. The number of nitrogens with one attached hydrogen (secondary N) is 1. The molecule has 1 atom stereocenters. The summed E-state index contributed by atoms with van der Waals surface area (Å²) in [5.74, 6) is -0.680. The number of rotatable bonds is 14. The first-order valence-corrected chi connectivity index (χ1v) is 15.6. The van der Waals surface area contributed by atoms with E-state index in [1.54, 1.807) is 17.9 Å². The van der Waals surface area contributed by atoms with Crippen LogP contribution in [0, 0.1) is 11.2 Å². The van der Waals surface area contributed by atoms with Crippen LogP contribution in [0.25, 0.3) is 0 Å². The first kappa shape index (κ1) is 36.1.